The lowest BCUT2D eigenvalue weighted by Gasteiger charge is -2.13. The molecule has 0 saturated carbocycles. The summed E-state index contributed by atoms with van der Waals surface area (Å²) in [6.07, 6.45) is 0.915. The highest BCUT2D eigenvalue weighted by atomic mass is 35.5. The standard InChI is InChI=1S/C14H17ClN2/c1-4-10-8-12(16-5-2)13-9(3)6-7-11(15)14(13)17-10/h6-8H,4-5H2,1-3H3,(H,16,17). The molecule has 1 aromatic carbocycles. The van der Waals surface area contributed by atoms with Crippen LogP contribution in [-0.2, 0) is 6.42 Å². The van der Waals surface area contributed by atoms with Crippen LogP contribution in [0.4, 0.5) is 5.69 Å². The van der Waals surface area contributed by atoms with Crippen molar-refractivity contribution in [2.24, 2.45) is 0 Å². The Labute approximate surface area is 107 Å². The van der Waals surface area contributed by atoms with Crippen LogP contribution in [0.5, 0.6) is 0 Å². The fraction of sp³-hybridized carbons (Fsp3) is 0.357. The Hall–Kier alpha value is -1.28. The molecular formula is C14H17ClN2. The number of fused-ring (bicyclic) bond motifs is 1. The molecule has 0 aliphatic rings. The van der Waals surface area contributed by atoms with Crippen LogP contribution in [0.25, 0.3) is 10.9 Å². The van der Waals surface area contributed by atoms with E-state index >= 15 is 0 Å². The fourth-order valence-corrected chi connectivity index (χ4v) is 2.24. The van der Waals surface area contributed by atoms with Crippen LogP contribution < -0.4 is 5.32 Å². The normalized spacial score (nSPS) is 10.8. The smallest absolute Gasteiger partial charge is 0.0914 e. The lowest BCUT2D eigenvalue weighted by atomic mass is 10.1. The van der Waals surface area contributed by atoms with E-state index in [-0.39, 0.29) is 0 Å². The third kappa shape index (κ3) is 2.22. The zero-order valence-corrected chi connectivity index (χ0v) is 11.2. The summed E-state index contributed by atoms with van der Waals surface area (Å²) in [5.74, 6) is 0. The van der Waals surface area contributed by atoms with Crippen molar-refractivity contribution in [2.45, 2.75) is 27.2 Å². The van der Waals surface area contributed by atoms with E-state index in [1.165, 1.54) is 5.56 Å². The molecule has 2 nitrogen and oxygen atoms in total. The summed E-state index contributed by atoms with van der Waals surface area (Å²) < 4.78 is 0. The Balaban J connectivity index is 2.80. The van der Waals surface area contributed by atoms with Crippen molar-refractivity contribution in [1.82, 2.24) is 4.98 Å². The van der Waals surface area contributed by atoms with Gasteiger partial charge < -0.3 is 5.32 Å². The molecule has 0 aliphatic heterocycles. The van der Waals surface area contributed by atoms with Gasteiger partial charge in [-0.3, -0.25) is 4.98 Å². The molecule has 1 N–H and O–H groups in total. The third-order valence-corrected chi connectivity index (χ3v) is 3.21. The van der Waals surface area contributed by atoms with Gasteiger partial charge in [-0.15, -0.1) is 0 Å². The molecule has 0 spiro atoms. The average molecular weight is 249 g/mol. The molecule has 1 aromatic heterocycles. The summed E-state index contributed by atoms with van der Waals surface area (Å²) in [5, 5.41) is 5.25. The number of aryl methyl sites for hydroxylation is 2. The largest absolute Gasteiger partial charge is 0.385 e. The summed E-state index contributed by atoms with van der Waals surface area (Å²) in [4.78, 5) is 4.63. The molecule has 2 aromatic rings. The molecule has 0 saturated heterocycles. The van der Waals surface area contributed by atoms with Gasteiger partial charge in [-0.25, -0.2) is 0 Å². The van der Waals surface area contributed by atoms with Crippen LogP contribution in [-0.4, -0.2) is 11.5 Å². The third-order valence-electron chi connectivity index (χ3n) is 2.90. The van der Waals surface area contributed by atoms with Gasteiger partial charge in [0.05, 0.1) is 10.5 Å². The summed E-state index contributed by atoms with van der Waals surface area (Å²) >= 11 is 6.24. The lowest BCUT2D eigenvalue weighted by Crippen LogP contribution is -2.01. The minimum Gasteiger partial charge on any atom is -0.385 e. The predicted octanol–water partition coefficient (Wildman–Crippen LogP) is 4.19. The number of hydrogen-bond acceptors (Lipinski definition) is 2. The first-order chi connectivity index (χ1) is 8.17. The van der Waals surface area contributed by atoms with Crippen molar-refractivity contribution in [3.63, 3.8) is 0 Å². The van der Waals surface area contributed by atoms with E-state index < -0.39 is 0 Å². The van der Waals surface area contributed by atoms with Crippen molar-refractivity contribution < 1.29 is 0 Å². The van der Waals surface area contributed by atoms with E-state index in [9.17, 15) is 0 Å². The number of rotatable bonds is 3. The zero-order valence-electron chi connectivity index (χ0n) is 10.5. The highest BCUT2D eigenvalue weighted by Crippen LogP contribution is 2.31. The monoisotopic (exact) mass is 248 g/mol. The molecule has 1 heterocycles. The number of nitrogens with zero attached hydrogens (tertiary/aromatic N) is 1. The van der Waals surface area contributed by atoms with Gasteiger partial charge in [0.2, 0.25) is 0 Å². The molecule has 0 fully saturated rings. The van der Waals surface area contributed by atoms with Crippen LogP contribution in [0.2, 0.25) is 5.02 Å². The quantitative estimate of drug-likeness (QED) is 0.881. The molecule has 0 unspecified atom stereocenters. The number of hydrogen-bond donors (Lipinski definition) is 1. The predicted molar refractivity (Wildman–Crippen MR) is 75.0 cm³/mol. The Kier molecular flexibility index (Phi) is 3.53. The summed E-state index contributed by atoms with van der Waals surface area (Å²) in [6.45, 7) is 7.19. The highest BCUT2D eigenvalue weighted by Gasteiger charge is 2.09. The zero-order chi connectivity index (χ0) is 12.4. The number of nitrogens with one attached hydrogen (secondary N) is 1. The van der Waals surface area contributed by atoms with Crippen molar-refractivity contribution in [1.29, 1.82) is 0 Å². The van der Waals surface area contributed by atoms with E-state index in [4.69, 9.17) is 11.6 Å². The van der Waals surface area contributed by atoms with Crippen LogP contribution in [0.1, 0.15) is 25.1 Å². The Morgan fingerprint density at radius 3 is 2.71 bits per heavy atom. The summed E-state index contributed by atoms with van der Waals surface area (Å²) in [5.41, 5.74) is 4.31. The molecule has 0 atom stereocenters. The van der Waals surface area contributed by atoms with Crippen molar-refractivity contribution in [3.8, 4) is 0 Å². The molecular weight excluding hydrogens is 232 g/mol. The van der Waals surface area contributed by atoms with Crippen LogP contribution >= 0.6 is 11.6 Å². The first-order valence-electron chi connectivity index (χ1n) is 6.00. The van der Waals surface area contributed by atoms with Crippen LogP contribution in [0.3, 0.4) is 0 Å². The van der Waals surface area contributed by atoms with Gasteiger partial charge in [-0.05, 0) is 38.0 Å². The van der Waals surface area contributed by atoms with Gasteiger partial charge in [0.15, 0.2) is 0 Å². The Morgan fingerprint density at radius 1 is 1.29 bits per heavy atom. The highest BCUT2D eigenvalue weighted by molar-refractivity contribution is 6.35. The number of benzene rings is 1. The number of pyridine rings is 1. The van der Waals surface area contributed by atoms with E-state index in [0.29, 0.717) is 0 Å². The molecule has 0 amide bonds. The molecule has 0 aliphatic carbocycles. The Morgan fingerprint density at radius 2 is 2.06 bits per heavy atom. The number of halogens is 1. The lowest BCUT2D eigenvalue weighted by molar-refractivity contribution is 1.05. The topological polar surface area (TPSA) is 24.9 Å². The molecule has 0 bridgehead atoms. The number of anilines is 1. The van der Waals surface area contributed by atoms with Gasteiger partial charge >= 0.3 is 0 Å². The van der Waals surface area contributed by atoms with E-state index in [1.807, 2.05) is 12.1 Å². The molecule has 17 heavy (non-hydrogen) atoms. The van der Waals surface area contributed by atoms with Gasteiger partial charge in [0, 0.05) is 23.3 Å². The molecule has 2 rings (SSSR count). The van der Waals surface area contributed by atoms with Crippen molar-refractivity contribution in [3.05, 3.63) is 34.5 Å². The maximum atomic E-state index is 6.24. The maximum absolute atomic E-state index is 6.24. The second kappa shape index (κ2) is 4.92. The molecule has 3 heteroatoms. The number of aromatic nitrogens is 1. The minimum absolute atomic E-state index is 0.722. The van der Waals surface area contributed by atoms with Crippen LogP contribution in [0, 0.1) is 6.92 Å². The second-order valence-corrected chi connectivity index (χ2v) is 4.54. The van der Waals surface area contributed by atoms with Gasteiger partial charge in [0.25, 0.3) is 0 Å². The first kappa shape index (κ1) is 12.2. The molecule has 90 valence electrons. The second-order valence-electron chi connectivity index (χ2n) is 4.13. The van der Waals surface area contributed by atoms with E-state index in [0.717, 1.165) is 40.3 Å². The first-order valence-corrected chi connectivity index (χ1v) is 6.37. The van der Waals surface area contributed by atoms with E-state index in [2.05, 4.69) is 37.1 Å². The van der Waals surface area contributed by atoms with E-state index in [1.54, 1.807) is 0 Å². The summed E-state index contributed by atoms with van der Waals surface area (Å²) in [7, 11) is 0. The van der Waals surface area contributed by atoms with Crippen molar-refractivity contribution in [2.75, 3.05) is 11.9 Å². The SMILES string of the molecule is CCNc1cc(CC)nc2c(Cl)ccc(C)c12. The van der Waals surface area contributed by atoms with Gasteiger partial charge in [-0.2, -0.15) is 0 Å². The van der Waals surface area contributed by atoms with Crippen molar-refractivity contribution >= 4 is 28.2 Å². The van der Waals surface area contributed by atoms with Gasteiger partial charge in [0.1, 0.15) is 0 Å². The average Bonchev–Trinajstić information content (AvgIpc) is 2.34. The minimum atomic E-state index is 0.722. The summed E-state index contributed by atoms with van der Waals surface area (Å²) in [6, 6.07) is 6.08. The fourth-order valence-electron chi connectivity index (χ4n) is 2.04. The van der Waals surface area contributed by atoms with Gasteiger partial charge in [-0.1, -0.05) is 24.6 Å². The van der Waals surface area contributed by atoms with Crippen LogP contribution in [0.15, 0.2) is 18.2 Å². The maximum Gasteiger partial charge on any atom is 0.0914 e. The Bertz CT molecular complexity index is 549. The molecule has 0 radical (unpaired) electrons.